The summed E-state index contributed by atoms with van der Waals surface area (Å²) in [5.41, 5.74) is 4.55. The van der Waals surface area contributed by atoms with Crippen LogP contribution in [-0.4, -0.2) is 10.9 Å². The average Bonchev–Trinajstić information content (AvgIpc) is 3.17. The maximum atomic E-state index is 13.3. The molecule has 28 heavy (non-hydrogen) atoms. The van der Waals surface area contributed by atoms with E-state index in [1.54, 1.807) is 23.5 Å². The van der Waals surface area contributed by atoms with Crippen molar-refractivity contribution >= 4 is 28.5 Å². The molecule has 1 aliphatic heterocycles. The van der Waals surface area contributed by atoms with E-state index in [9.17, 15) is 9.90 Å². The Labute approximate surface area is 167 Å². The summed E-state index contributed by atoms with van der Waals surface area (Å²) in [5, 5.41) is 19.1. The van der Waals surface area contributed by atoms with Crippen LogP contribution >= 0.6 is 11.3 Å². The van der Waals surface area contributed by atoms with Gasteiger partial charge in [-0.3, -0.25) is 4.79 Å². The van der Waals surface area contributed by atoms with E-state index in [1.807, 2.05) is 42.5 Å². The van der Waals surface area contributed by atoms with Crippen LogP contribution in [0.15, 0.2) is 77.3 Å². The van der Waals surface area contributed by atoms with Crippen LogP contribution in [0.1, 0.15) is 35.2 Å². The Hall–Kier alpha value is -3.05. The van der Waals surface area contributed by atoms with Crippen molar-refractivity contribution < 1.29 is 9.90 Å². The minimum Gasteiger partial charge on any atom is -0.508 e. The Balaban J connectivity index is 1.64. The molecule has 0 radical (unpaired) electrons. The third-order valence-electron chi connectivity index (χ3n) is 5.46. The van der Waals surface area contributed by atoms with Crippen LogP contribution in [-0.2, 0) is 4.79 Å². The van der Waals surface area contributed by atoms with Gasteiger partial charge in [0.25, 0.3) is 0 Å². The number of allylic oxidation sites excluding steroid dienone is 1. The van der Waals surface area contributed by atoms with Gasteiger partial charge in [-0.15, -0.1) is 11.3 Å². The smallest absolute Gasteiger partial charge is 0.163 e. The molecular weight excluding hydrogens is 368 g/mol. The van der Waals surface area contributed by atoms with E-state index in [1.165, 1.54) is 4.88 Å². The summed E-state index contributed by atoms with van der Waals surface area (Å²) in [4.78, 5) is 14.6. The Morgan fingerprint density at radius 3 is 2.61 bits per heavy atom. The highest BCUT2D eigenvalue weighted by molar-refractivity contribution is 7.10. The summed E-state index contributed by atoms with van der Waals surface area (Å²) in [7, 11) is 0. The number of thiophene rings is 1. The zero-order valence-electron chi connectivity index (χ0n) is 15.2. The van der Waals surface area contributed by atoms with Gasteiger partial charge < -0.3 is 15.7 Å². The molecule has 2 unspecified atom stereocenters. The van der Waals surface area contributed by atoms with E-state index in [0.717, 1.165) is 34.6 Å². The first kappa shape index (κ1) is 17.1. The van der Waals surface area contributed by atoms with Crippen molar-refractivity contribution in [2.45, 2.75) is 24.8 Å². The zero-order chi connectivity index (χ0) is 19.1. The van der Waals surface area contributed by atoms with Crippen LogP contribution in [0.3, 0.4) is 0 Å². The summed E-state index contributed by atoms with van der Waals surface area (Å²) >= 11 is 1.71. The lowest BCUT2D eigenvalue weighted by Gasteiger charge is -2.29. The number of rotatable bonds is 2. The minimum absolute atomic E-state index is 0.154. The summed E-state index contributed by atoms with van der Waals surface area (Å²) in [5.74, 6) is 0.557. The van der Waals surface area contributed by atoms with Crippen LogP contribution in [0.25, 0.3) is 0 Å². The number of ketones is 1. The Kier molecular flexibility index (Phi) is 4.17. The largest absolute Gasteiger partial charge is 0.508 e. The van der Waals surface area contributed by atoms with E-state index in [4.69, 9.17) is 0 Å². The molecule has 2 heterocycles. The van der Waals surface area contributed by atoms with E-state index in [2.05, 4.69) is 22.1 Å². The van der Waals surface area contributed by atoms with Crippen LogP contribution in [0.5, 0.6) is 5.75 Å². The number of para-hydroxylation sites is 2. The predicted octanol–water partition coefficient (Wildman–Crippen LogP) is 5.43. The molecule has 4 nitrogen and oxygen atoms in total. The van der Waals surface area contributed by atoms with Gasteiger partial charge in [-0.25, -0.2) is 0 Å². The van der Waals surface area contributed by atoms with Crippen LogP contribution in [0.2, 0.25) is 0 Å². The van der Waals surface area contributed by atoms with Crippen molar-refractivity contribution in [2.24, 2.45) is 0 Å². The third kappa shape index (κ3) is 2.98. The van der Waals surface area contributed by atoms with E-state index in [-0.39, 0.29) is 23.5 Å². The lowest BCUT2D eigenvalue weighted by atomic mass is 9.81. The topological polar surface area (TPSA) is 61.4 Å². The fourth-order valence-electron chi connectivity index (χ4n) is 4.17. The highest BCUT2D eigenvalue weighted by Gasteiger charge is 2.36. The first-order chi connectivity index (χ1) is 13.7. The second-order valence-electron chi connectivity index (χ2n) is 7.28. The average molecular weight is 388 g/mol. The van der Waals surface area contributed by atoms with Crippen molar-refractivity contribution in [3.63, 3.8) is 0 Å². The van der Waals surface area contributed by atoms with Gasteiger partial charge in [-0.05, 0) is 47.7 Å². The zero-order valence-corrected chi connectivity index (χ0v) is 16.0. The van der Waals surface area contributed by atoms with Gasteiger partial charge in [0.15, 0.2) is 5.78 Å². The molecule has 140 valence electrons. The summed E-state index contributed by atoms with van der Waals surface area (Å²) in [6.45, 7) is 0. The molecule has 2 aliphatic rings. The van der Waals surface area contributed by atoms with Crippen molar-refractivity contribution in [1.82, 2.24) is 0 Å². The molecule has 2 aromatic carbocycles. The Morgan fingerprint density at radius 1 is 0.964 bits per heavy atom. The SMILES string of the molecule is O=C1CC(c2cccs2)CC2=C1C(c1cccc(O)c1)Nc1ccccc1N2. The number of benzene rings is 2. The number of phenolic OH excluding ortho intramolecular Hbond substituents is 1. The number of aromatic hydroxyl groups is 1. The number of anilines is 2. The lowest BCUT2D eigenvalue weighted by Crippen LogP contribution is -2.26. The molecule has 5 rings (SSSR count). The molecule has 3 aromatic rings. The van der Waals surface area contributed by atoms with E-state index in [0.29, 0.717) is 6.42 Å². The van der Waals surface area contributed by atoms with Crippen molar-refractivity contribution in [3.05, 3.63) is 87.8 Å². The molecule has 0 bridgehead atoms. The van der Waals surface area contributed by atoms with Gasteiger partial charge >= 0.3 is 0 Å². The van der Waals surface area contributed by atoms with Crippen molar-refractivity contribution in [2.75, 3.05) is 10.6 Å². The molecule has 1 aliphatic carbocycles. The van der Waals surface area contributed by atoms with Crippen molar-refractivity contribution in [1.29, 1.82) is 0 Å². The molecule has 2 atom stereocenters. The summed E-state index contributed by atoms with van der Waals surface area (Å²) < 4.78 is 0. The fourth-order valence-corrected chi connectivity index (χ4v) is 5.00. The standard InChI is InChI=1S/C23H20N2O2S/c26-16-6-3-5-14(11-16)23-22-19(24-17-7-1-2-8-18(17)25-23)12-15(13-20(22)27)21-9-4-10-28-21/h1-11,15,23-26H,12-13H2. The molecule has 1 aromatic heterocycles. The number of hydrogen-bond donors (Lipinski definition) is 3. The van der Waals surface area contributed by atoms with Gasteiger partial charge in [0.1, 0.15) is 5.75 Å². The Morgan fingerprint density at radius 2 is 1.82 bits per heavy atom. The number of carbonyl (C=O) groups excluding carboxylic acids is 1. The van der Waals surface area contributed by atoms with Crippen LogP contribution in [0, 0.1) is 0 Å². The lowest BCUT2D eigenvalue weighted by molar-refractivity contribution is -0.116. The normalized spacial score (nSPS) is 21.2. The Bertz CT molecular complexity index is 1070. The van der Waals surface area contributed by atoms with Gasteiger partial charge in [-0.2, -0.15) is 0 Å². The predicted molar refractivity (Wildman–Crippen MR) is 113 cm³/mol. The summed E-state index contributed by atoms with van der Waals surface area (Å²) in [6.07, 6.45) is 1.31. The molecule has 3 N–H and O–H groups in total. The van der Waals surface area contributed by atoms with Crippen molar-refractivity contribution in [3.8, 4) is 5.75 Å². The number of hydrogen-bond acceptors (Lipinski definition) is 5. The second-order valence-corrected chi connectivity index (χ2v) is 8.26. The quantitative estimate of drug-likeness (QED) is 0.548. The van der Waals surface area contributed by atoms with Crippen LogP contribution in [0.4, 0.5) is 11.4 Å². The number of nitrogens with one attached hydrogen (secondary N) is 2. The molecule has 0 saturated carbocycles. The highest BCUT2D eigenvalue weighted by Crippen LogP contribution is 2.45. The maximum absolute atomic E-state index is 13.3. The first-order valence-corrected chi connectivity index (χ1v) is 10.3. The van der Waals surface area contributed by atoms with E-state index >= 15 is 0 Å². The number of Topliss-reactive ketones (excluding diaryl/α,β-unsaturated/α-hetero) is 1. The van der Waals surface area contributed by atoms with Gasteiger partial charge in [0.2, 0.25) is 0 Å². The minimum atomic E-state index is -0.296. The van der Waals surface area contributed by atoms with Gasteiger partial charge in [0.05, 0.1) is 17.4 Å². The summed E-state index contributed by atoms with van der Waals surface area (Å²) in [6, 6.07) is 19.0. The monoisotopic (exact) mass is 388 g/mol. The maximum Gasteiger partial charge on any atom is 0.163 e. The van der Waals surface area contributed by atoms with E-state index < -0.39 is 0 Å². The molecular formula is C23H20N2O2S. The highest BCUT2D eigenvalue weighted by atomic mass is 32.1. The molecule has 5 heteroatoms. The fraction of sp³-hybridized carbons (Fsp3) is 0.174. The number of fused-ring (bicyclic) bond motifs is 1. The molecule has 0 fully saturated rings. The number of carbonyl (C=O) groups is 1. The van der Waals surface area contributed by atoms with Gasteiger partial charge in [0, 0.05) is 28.5 Å². The van der Waals surface area contributed by atoms with Gasteiger partial charge in [-0.1, -0.05) is 30.3 Å². The third-order valence-corrected chi connectivity index (χ3v) is 6.49. The van der Waals surface area contributed by atoms with Crippen LogP contribution < -0.4 is 10.6 Å². The molecule has 0 amide bonds. The first-order valence-electron chi connectivity index (χ1n) is 9.40. The molecule has 0 saturated heterocycles. The molecule has 0 spiro atoms. The number of phenols is 1. The second kappa shape index (κ2) is 6.84.